The number of benzene rings is 1. The van der Waals surface area contributed by atoms with E-state index in [-0.39, 0.29) is 5.96 Å². The molecule has 0 heterocycles. The molecule has 0 aliphatic heterocycles. The van der Waals surface area contributed by atoms with Crippen LogP contribution in [0.25, 0.3) is 0 Å². The number of nitrogens with two attached hydrogens (primary N) is 1. The molecule has 0 aromatic heterocycles. The Hall–Kier alpha value is -1.46. The summed E-state index contributed by atoms with van der Waals surface area (Å²) in [5.41, 5.74) is 6.89. The molecular weight excluding hydrogens is 311 g/mol. The molecule has 0 radical (unpaired) electrons. The number of nitrogens with zero attached hydrogens (tertiary/aromatic N) is 2. The van der Waals surface area contributed by atoms with E-state index in [1.165, 1.54) is 4.90 Å². The molecule has 3 N–H and O–H groups in total. The minimum atomic E-state index is -0.522. The van der Waals surface area contributed by atoms with Gasteiger partial charge in [0.1, 0.15) is 0 Å². The average molecular weight is 331 g/mol. The molecule has 0 unspecified atom stereocenters. The fourth-order valence-electron chi connectivity index (χ4n) is 1.65. The summed E-state index contributed by atoms with van der Waals surface area (Å²) in [6.45, 7) is 7.45. The molecule has 0 aliphatic rings. The van der Waals surface area contributed by atoms with Crippen molar-refractivity contribution in [3.8, 4) is 0 Å². The molecule has 0 aliphatic carbocycles. The van der Waals surface area contributed by atoms with Gasteiger partial charge in [-0.3, -0.25) is 0 Å². The summed E-state index contributed by atoms with van der Waals surface area (Å²) in [4.78, 5) is 17.0. The van der Waals surface area contributed by atoms with Crippen molar-refractivity contribution in [3.63, 3.8) is 0 Å². The first-order chi connectivity index (χ1) is 9.51. The van der Waals surface area contributed by atoms with Gasteiger partial charge in [-0.2, -0.15) is 4.99 Å². The number of aliphatic imine (C=N–C) groups is 1. The molecule has 7 heteroatoms. The number of halogens is 2. The fourth-order valence-corrected chi connectivity index (χ4v) is 2.50. The second kappa shape index (κ2) is 6.54. The number of aryl methyl sites for hydroxylation is 1. The Balaban J connectivity index is 3.03. The van der Waals surface area contributed by atoms with Gasteiger partial charge >= 0.3 is 6.03 Å². The highest BCUT2D eigenvalue weighted by atomic mass is 35.5. The van der Waals surface area contributed by atoms with Gasteiger partial charge in [-0.1, -0.05) is 23.2 Å². The van der Waals surface area contributed by atoms with Crippen molar-refractivity contribution in [2.24, 2.45) is 10.7 Å². The summed E-state index contributed by atoms with van der Waals surface area (Å²) in [5, 5.41) is 3.58. The van der Waals surface area contributed by atoms with E-state index in [0.717, 1.165) is 5.56 Å². The van der Waals surface area contributed by atoms with Crippen LogP contribution in [0.3, 0.4) is 0 Å². The van der Waals surface area contributed by atoms with E-state index in [9.17, 15) is 4.79 Å². The first-order valence-corrected chi connectivity index (χ1v) is 7.12. The van der Waals surface area contributed by atoms with E-state index >= 15 is 0 Å². The number of anilines is 1. The summed E-state index contributed by atoms with van der Waals surface area (Å²) in [5.74, 6) is 0.00408. The van der Waals surface area contributed by atoms with Crippen LogP contribution in [-0.2, 0) is 0 Å². The average Bonchev–Trinajstić information content (AvgIpc) is 2.24. The number of nitrogens with one attached hydrogen (secondary N) is 1. The Kier molecular flexibility index (Phi) is 5.48. The Morgan fingerprint density at radius 3 is 2.19 bits per heavy atom. The van der Waals surface area contributed by atoms with Crippen molar-refractivity contribution in [3.05, 3.63) is 27.7 Å². The van der Waals surface area contributed by atoms with E-state index < -0.39 is 11.6 Å². The molecule has 0 spiro atoms. The topological polar surface area (TPSA) is 70.7 Å². The lowest BCUT2D eigenvalue weighted by molar-refractivity contribution is 0.241. The number of amides is 2. The third-order valence-electron chi connectivity index (χ3n) is 2.54. The minimum Gasteiger partial charge on any atom is -0.369 e. The van der Waals surface area contributed by atoms with Gasteiger partial charge in [0, 0.05) is 12.6 Å². The zero-order chi connectivity index (χ0) is 16.4. The molecule has 1 aromatic rings. The highest BCUT2D eigenvalue weighted by Gasteiger charge is 2.17. The van der Waals surface area contributed by atoms with Crippen LogP contribution in [-0.4, -0.2) is 24.6 Å². The summed E-state index contributed by atoms with van der Waals surface area (Å²) in [6.07, 6.45) is 0. The van der Waals surface area contributed by atoms with Crippen LogP contribution in [0.4, 0.5) is 10.5 Å². The van der Waals surface area contributed by atoms with Crippen LogP contribution < -0.4 is 16.0 Å². The van der Waals surface area contributed by atoms with E-state index in [1.54, 1.807) is 19.2 Å². The molecule has 116 valence electrons. The lowest BCUT2D eigenvalue weighted by Gasteiger charge is -2.22. The molecule has 1 aromatic carbocycles. The maximum Gasteiger partial charge on any atom is 0.344 e. The lowest BCUT2D eigenvalue weighted by atomic mass is 10.1. The summed E-state index contributed by atoms with van der Waals surface area (Å²) in [7, 11) is 1.64. The number of hydrogen-bond donors (Lipinski definition) is 2. The van der Waals surface area contributed by atoms with Gasteiger partial charge in [-0.05, 0) is 45.4 Å². The first kappa shape index (κ1) is 17.6. The lowest BCUT2D eigenvalue weighted by Crippen LogP contribution is -2.42. The molecule has 0 saturated carbocycles. The third-order valence-corrected chi connectivity index (χ3v) is 3.11. The number of carbonyl (C=O) groups is 1. The normalized spacial score (nSPS) is 12.2. The molecule has 0 fully saturated rings. The predicted molar refractivity (Wildman–Crippen MR) is 89.5 cm³/mol. The highest BCUT2D eigenvalue weighted by molar-refractivity contribution is 6.40. The standard InChI is InChI=1S/C14H20Cl2N4O/c1-8-6-9(15)11(10(16)7-8)20(5)12(17)18-13(21)19-14(2,3)4/h6-7H,1-5H3,(H3,17,18,19,21). The Bertz CT molecular complexity index is 556. The van der Waals surface area contributed by atoms with Gasteiger partial charge in [0.15, 0.2) is 0 Å². The van der Waals surface area contributed by atoms with Crippen molar-refractivity contribution in [2.75, 3.05) is 11.9 Å². The van der Waals surface area contributed by atoms with Crippen molar-refractivity contribution < 1.29 is 4.79 Å². The van der Waals surface area contributed by atoms with E-state index in [4.69, 9.17) is 28.9 Å². The van der Waals surface area contributed by atoms with Crippen LogP contribution in [0.1, 0.15) is 26.3 Å². The number of carbonyl (C=O) groups excluding carboxylic acids is 1. The largest absolute Gasteiger partial charge is 0.369 e. The Morgan fingerprint density at radius 1 is 1.29 bits per heavy atom. The Labute approximate surface area is 135 Å². The Morgan fingerprint density at radius 2 is 1.76 bits per heavy atom. The van der Waals surface area contributed by atoms with E-state index in [0.29, 0.717) is 15.7 Å². The van der Waals surface area contributed by atoms with Gasteiger partial charge in [0.2, 0.25) is 5.96 Å². The summed E-state index contributed by atoms with van der Waals surface area (Å²) < 4.78 is 0. The number of guanidine groups is 1. The molecule has 5 nitrogen and oxygen atoms in total. The second-order valence-corrected chi connectivity index (χ2v) is 6.60. The zero-order valence-corrected chi connectivity index (χ0v) is 14.3. The van der Waals surface area contributed by atoms with Crippen molar-refractivity contribution in [1.29, 1.82) is 0 Å². The fraction of sp³-hybridized carbons (Fsp3) is 0.429. The van der Waals surface area contributed by atoms with Crippen LogP contribution in [0.2, 0.25) is 10.0 Å². The third kappa shape index (κ3) is 5.10. The van der Waals surface area contributed by atoms with Gasteiger partial charge in [0.05, 0.1) is 15.7 Å². The zero-order valence-electron chi connectivity index (χ0n) is 12.8. The second-order valence-electron chi connectivity index (χ2n) is 5.79. The molecule has 0 bridgehead atoms. The maximum atomic E-state index is 11.8. The molecular formula is C14H20Cl2N4O. The monoisotopic (exact) mass is 330 g/mol. The van der Waals surface area contributed by atoms with Crippen LogP contribution in [0, 0.1) is 6.92 Å². The quantitative estimate of drug-likeness (QED) is 0.610. The maximum absolute atomic E-state index is 11.8. The molecule has 2 amide bonds. The van der Waals surface area contributed by atoms with Crippen molar-refractivity contribution in [1.82, 2.24) is 5.32 Å². The predicted octanol–water partition coefficient (Wildman–Crippen LogP) is 3.56. The first-order valence-electron chi connectivity index (χ1n) is 6.37. The van der Waals surface area contributed by atoms with Gasteiger partial charge in [-0.15, -0.1) is 0 Å². The molecule has 1 rings (SSSR count). The minimum absolute atomic E-state index is 0.00408. The summed E-state index contributed by atoms with van der Waals surface area (Å²) >= 11 is 12.4. The van der Waals surface area contributed by atoms with Gasteiger partial charge < -0.3 is 16.0 Å². The molecule has 21 heavy (non-hydrogen) atoms. The van der Waals surface area contributed by atoms with Crippen molar-refractivity contribution >= 4 is 40.9 Å². The SMILES string of the molecule is Cc1cc(Cl)c(N(C)C(N)=NC(=O)NC(C)(C)C)c(Cl)c1. The smallest absolute Gasteiger partial charge is 0.344 e. The van der Waals surface area contributed by atoms with Crippen LogP contribution in [0.15, 0.2) is 17.1 Å². The van der Waals surface area contributed by atoms with Crippen LogP contribution >= 0.6 is 23.2 Å². The summed E-state index contributed by atoms with van der Waals surface area (Å²) in [6, 6.07) is 3.01. The number of hydrogen-bond acceptors (Lipinski definition) is 1. The number of rotatable bonds is 1. The highest BCUT2D eigenvalue weighted by Crippen LogP contribution is 2.34. The van der Waals surface area contributed by atoms with Crippen LogP contribution in [0.5, 0.6) is 0 Å². The van der Waals surface area contributed by atoms with Gasteiger partial charge in [-0.25, -0.2) is 4.79 Å². The van der Waals surface area contributed by atoms with E-state index in [2.05, 4.69) is 10.3 Å². The van der Waals surface area contributed by atoms with Crippen molar-refractivity contribution in [2.45, 2.75) is 33.2 Å². The molecule has 0 atom stereocenters. The molecule has 0 saturated heterocycles. The van der Waals surface area contributed by atoms with Gasteiger partial charge in [0.25, 0.3) is 0 Å². The number of urea groups is 1. The van der Waals surface area contributed by atoms with E-state index in [1.807, 2.05) is 27.7 Å².